The summed E-state index contributed by atoms with van der Waals surface area (Å²) in [6, 6.07) is 3.79. The second kappa shape index (κ2) is 5.42. The number of rotatable bonds is 4. The maximum atomic E-state index is 12.7. The molecule has 17 heavy (non-hydrogen) atoms. The minimum Gasteiger partial charge on any atom is -0.511 e. The van der Waals surface area contributed by atoms with E-state index >= 15 is 0 Å². The molecule has 0 aliphatic heterocycles. The van der Waals surface area contributed by atoms with Gasteiger partial charge in [0.25, 0.3) is 0 Å². The van der Waals surface area contributed by atoms with E-state index in [0.717, 1.165) is 6.07 Å². The van der Waals surface area contributed by atoms with Crippen LogP contribution in [-0.4, -0.2) is 21.5 Å². The lowest BCUT2D eigenvalue weighted by Gasteiger charge is -2.18. The highest BCUT2D eigenvalue weighted by Crippen LogP contribution is 2.38. The molecule has 0 aliphatic carbocycles. The van der Waals surface area contributed by atoms with Gasteiger partial charge in [-0.1, -0.05) is 12.1 Å². The second-order valence-corrected chi connectivity index (χ2v) is 3.33. The third kappa shape index (κ3) is 3.37. The largest absolute Gasteiger partial charge is 0.712 e. The molecule has 0 aromatic heterocycles. The molecule has 0 fully saturated rings. The molecule has 3 nitrogen and oxygen atoms in total. The molecule has 0 amide bonds. The molecule has 0 saturated heterocycles. The Labute approximate surface area is 97.7 Å². The molecule has 0 radical (unpaired) electrons. The van der Waals surface area contributed by atoms with Crippen molar-refractivity contribution in [3.63, 3.8) is 0 Å². The molecule has 0 aliphatic rings. The van der Waals surface area contributed by atoms with Crippen LogP contribution in [0.2, 0.25) is 0 Å². The van der Waals surface area contributed by atoms with E-state index in [4.69, 9.17) is 14.0 Å². The summed E-state index contributed by atoms with van der Waals surface area (Å²) >= 11 is 0. The highest BCUT2D eigenvalue weighted by atomic mass is 19.4. The van der Waals surface area contributed by atoms with Gasteiger partial charge < -0.3 is 14.0 Å². The van der Waals surface area contributed by atoms with Gasteiger partial charge in [-0.25, -0.2) is 0 Å². The summed E-state index contributed by atoms with van der Waals surface area (Å²) in [6.07, 6.45) is -4.48. The molecule has 0 N–H and O–H groups in total. The lowest BCUT2D eigenvalue weighted by Crippen LogP contribution is -2.29. The van der Waals surface area contributed by atoms with Crippen LogP contribution >= 0.6 is 0 Å². The van der Waals surface area contributed by atoms with Gasteiger partial charge in [0.1, 0.15) is 5.75 Å². The third-order valence-electron chi connectivity index (χ3n) is 2.12. The Bertz CT molecular complexity index is 378. The number of halogens is 3. The number of alkyl halides is 3. The fraction of sp³-hybridized carbons (Fsp3) is 0.400. The van der Waals surface area contributed by atoms with Gasteiger partial charge in [0.2, 0.25) is 0 Å². The normalized spacial score (nSPS) is 11.4. The summed E-state index contributed by atoms with van der Waals surface area (Å²) in [4.78, 5) is 0. The Morgan fingerprint density at radius 3 is 2.18 bits per heavy atom. The predicted octanol–water partition coefficient (Wildman–Crippen LogP) is 2.67. The quantitative estimate of drug-likeness (QED) is 0.766. The molecular weight excluding hydrogens is 236 g/mol. The maximum Gasteiger partial charge on any atom is 0.712 e. The van der Waals surface area contributed by atoms with Crippen LogP contribution in [0, 0.1) is 6.92 Å². The van der Waals surface area contributed by atoms with Gasteiger partial charge in [0, 0.05) is 14.2 Å². The number of aryl methyl sites for hydroxylation is 1. The van der Waals surface area contributed by atoms with E-state index in [9.17, 15) is 13.2 Å². The Morgan fingerprint density at radius 2 is 1.71 bits per heavy atom. The first-order chi connectivity index (χ1) is 7.90. The van der Waals surface area contributed by atoms with Gasteiger partial charge in [-0.05, 0) is 18.6 Å². The summed E-state index contributed by atoms with van der Waals surface area (Å²) < 4.78 is 52.6. The number of hydrogen-bond donors (Lipinski definition) is 0. The molecular formula is C10H12BF3O3. The zero-order valence-electron chi connectivity index (χ0n) is 9.67. The fourth-order valence-corrected chi connectivity index (χ4v) is 1.32. The Morgan fingerprint density at radius 1 is 1.12 bits per heavy atom. The van der Waals surface area contributed by atoms with Crippen molar-refractivity contribution in [1.82, 2.24) is 0 Å². The Kier molecular flexibility index (Phi) is 4.42. The molecule has 0 saturated carbocycles. The van der Waals surface area contributed by atoms with Gasteiger partial charge in [-0.3, -0.25) is 0 Å². The first-order valence-corrected chi connectivity index (χ1v) is 4.79. The minimum absolute atomic E-state index is 0.284. The van der Waals surface area contributed by atoms with E-state index in [1.54, 1.807) is 0 Å². The van der Waals surface area contributed by atoms with Crippen LogP contribution in [0.25, 0.3) is 0 Å². The van der Waals surface area contributed by atoms with E-state index in [2.05, 4.69) is 0 Å². The van der Waals surface area contributed by atoms with Crippen molar-refractivity contribution in [1.29, 1.82) is 0 Å². The lowest BCUT2D eigenvalue weighted by atomic mass is 10.1. The van der Waals surface area contributed by atoms with E-state index < -0.39 is 19.1 Å². The van der Waals surface area contributed by atoms with Gasteiger partial charge in [-0.2, -0.15) is 13.2 Å². The van der Waals surface area contributed by atoms with Crippen molar-refractivity contribution in [2.75, 3.05) is 14.2 Å². The Balaban J connectivity index is 3.12. The van der Waals surface area contributed by atoms with Gasteiger partial charge in [-0.15, -0.1) is 0 Å². The van der Waals surface area contributed by atoms with E-state index in [0.29, 0.717) is 5.56 Å². The van der Waals surface area contributed by atoms with E-state index in [1.807, 2.05) is 0 Å². The van der Waals surface area contributed by atoms with Crippen molar-refractivity contribution < 1.29 is 27.1 Å². The molecule has 0 unspecified atom stereocenters. The smallest absolute Gasteiger partial charge is 0.511 e. The molecule has 0 bridgehead atoms. The van der Waals surface area contributed by atoms with Crippen molar-refractivity contribution in [3.05, 3.63) is 29.3 Å². The highest BCUT2D eigenvalue weighted by Gasteiger charge is 2.36. The van der Waals surface area contributed by atoms with Crippen LogP contribution in [0.15, 0.2) is 18.2 Å². The second-order valence-electron chi connectivity index (χ2n) is 3.33. The van der Waals surface area contributed by atoms with Crippen molar-refractivity contribution in [3.8, 4) is 5.75 Å². The zero-order chi connectivity index (χ0) is 13.1. The molecule has 1 aromatic rings. The van der Waals surface area contributed by atoms with Gasteiger partial charge in [0.15, 0.2) is 0 Å². The summed E-state index contributed by atoms with van der Waals surface area (Å²) in [5.41, 5.74) is -0.490. The van der Waals surface area contributed by atoms with Crippen LogP contribution in [0.3, 0.4) is 0 Å². The van der Waals surface area contributed by atoms with E-state index in [1.165, 1.54) is 33.3 Å². The maximum absolute atomic E-state index is 12.7. The SMILES string of the molecule is COB(OC)Oc1c(C)cccc1C(F)(F)F. The summed E-state index contributed by atoms with van der Waals surface area (Å²) in [6.45, 7) is 1.52. The van der Waals surface area contributed by atoms with E-state index in [-0.39, 0.29) is 5.75 Å². The van der Waals surface area contributed by atoms with Crippen molar-refractivity contribution in [2.45, 2.75) is 13.1 Å². The standard InChI is InChI=1S/C10H12BF3O3/c1-7-5-4-6-8(10(12,13)14)9(7)17-11(15-2)16-3/h4-6H,1-3H3. The first kappa shape index (κ1) is 13.9. The first-order valence-electron chi connectivity index (χ1n) is 4.79. The number of hydrogen-bond acceptors (Lipinski definition) is 3. The minimum atomic E-state index is -4.48. The summed E-state index contributed by atoms with van der Waals surface area (Å²) in [5, 5.41) is 0. The molecule has 0 atom stereocenters. The molecule has 0 spiro atoms. The monoisotopic (exact) mass is 248 g/mol. The number of para-hydroxylation sites is 1. The van der Waals surface area contributed by atoms with Crippen LogP contribution in [-0.2, 0) is 15.5 Å². The van der Waals surface area contributed by atoms with Crippen LogP contribution < -0.4 is 4.65 Å². The molecule has 0 heterocycles. The van der Waals surface area contributed by atoms with Crippen LogP contribution in [0.1, 0.15) is 11.1 Å². The zero-order valence-corrected chi connectivity index (χ0v) is 9.67. The average Bonchev–Trinajstić information content (AvgIpc) is 2.26. The Hall–Kier alpha value is -1.21. The third-order valence-corrected chi connectivity index (χ3v) is 2.12. The topological polar surface area (TPSA) is 27.7 Å². The average molecular weight is 248 g/mol. The number of benzene rings is 1. The van der Waals surface area contributed by atoms with Crippen molar-refractivity contribution in [2.24, 2.45) is 0 Å². The molecule has 94 valence electrons. The van der Waals surface area contributed by atoms with Crippen molar-refractivity contribution >= 4 is 7.32 Å². The molecule has 7 heteroatoms. The molecule has 1 rings (SSSR count). The summed E-state index contributed by atoms with van der Waals surface area (Å²) in [5.74, 6) is -0.284. The van der Waals surface area contributed by atoms with Gasteiger partial charge in [0.05, 0.1) is 5.56 Å². The fourth-order valence-electron chi connectivity index (χ4n) is 1.32. The van der Waals surface area contributed by atoms with Gasteiger partial charge >= 0.3 is 13.5 Å². The highest BCUT2D eigenvalue weighted by molar-refractivity contribution is 6.37. The van der Waals surface area contributed by atoms with Crippen LogP contribution in [0.5, 0.6) is 5.75 Å². The lowest BCUT2D eigenvalue weighted by molar-refractivity contribution is -0.138. The molecule has 1 aromatic carbocycles. The predicted molar refractivity (Wildman–Crippen MR) is 56.6 cm³/mol. The summed E-state index contributed by atoms with van der Waals surface area (Å²) in [7, 11) is 1.39. The van der Waals surface area contributed by atoms with Crippen LogP contribution in [0.4, 0.5) is 13.2 Å².